The van der Waals surface area contributed by atoms with Gasteiger partial charge >= 0.3 is 0 Å². The zero-order valence-electron chi connectivity index (χ0n) is 27.1. The molecule has 2 rings (SSSR count). The van der Waals surface area contributed by atoms with Gasteiger partial charge in [0.1, 0.15) is 13.1 Å². The smallest absolute Gasteiger partial charge is 0.174 e. The van der Waals surface area contributed by atoms with E-state index in [2.05, 4.69) is 72.0 Å². The van der Waals surface area contributed by atoms with Crippen LogP contribution in [0.3, 0.4) is 0 Å². The maximum absolute atomic E-state index is 5.95. The molecule has 0 aliphatic carbocycles. The van der Waals surface area contributed by atoms with Crippen LogP contribution in [0.4, 0.5) is 0 Å². The first kappa shape index (κ1) is 41.2. The Bertz CT molecular complexity index is 783. The van der Waals surface area contributed by atoms with Gasteiger partial charge in [0.05, 0.1) is 13.2 Å². The third-order valence-electron chi connectivity index (χ3n) is 7.74. The highest BCUT2D eigenvalue weighted by molar-refractivity contribution is 5.04. The van der Waals surface area contributed by atoms with Crippen LogP contribution in [0.25, 0.3) is 0 Å². The van der Waals surface area contributed by atoms with Crippen molar-refractivity contribution < 1.29 is 52.6 Å². The van der Waals surface area contributed by atoms with Crippen molar-refractivity contribution in [3.05, 3.63) is 60.2 Å². The van der Waals surface area contributed by atoms with Crippen molar-refractivity contribution in [2.45, 2.75) is 156 Å². The number of ether oxygens (including phenoxy) is 2. The van der Waals surface area contributed by atoms with Gasteiger partial charge in [-0.05, 0) is 37.8 Å². The standard InChI is InChI=1S/C36H62N2O2.2BrH/c1-3-5-7-9-11-13-15-17-25-37-27-21-23-35(31-37)33-39-29-19-20-30-40-34-36-24-22-28-38(32-36)26-18-16-14-12-10-8-6-4-2;;/h21-24,27-28,31-32H,3-20,25-26,29-30,33-34H2,1-2H3;2*1H/q+2;;/p-2. The van der Waals surface area contributed by atoms with Gasteiger partial charge in [-0.2, -0.15) is 0 Å². The predicted molar refractivity (Wildman–Crippen MR) is 167 cm³/mol. The number of aromatic nitrogens is 2. The second-order valence-electron chi connectivity index (χ2n) is 11.7. The normalized spacial score (nSPS) is 10.8. The lowest BCUT2D eigenvalue weighted by Gasteiger charge is -2.06. The molecule has 6 heteroatoms. The maximum atomic E-state index is 5.95. The van der Waals surface area contributed by atoms with Gasteiger partial charge < -0.3 is 43.4 Å². The van der Waals surface area contributed by atoms with Crippen molar-refractivity contribution in [3.63, 3.8) is 0 Å². The average Bonchev–Trinajstić information content (AvgIpc) is 2.98. The van der Waals surface area contributed by atoms with E-state index in [1.54, 1.807) is 0 Å². The summed E-state index contributed by atoms with van der Waals surface area (Å²) in [7, 11) is 0. The molecule has 0 saturated carbocycles. The first-order valence-electron chi connectivity index (χ1n) is 16.9. The van der Waals surface area contributed by atoms with E-state index in [9.17, 15) is 0 Å². The lowest BCUT2D eigenvalue weighted by Crippen LogP contribution is -3.00. The topological polar surface area (TPSA) is 26.2 Å². The number of pyridine rings is 2. The van der Waals surface area contributed by atoms with E-state index in [1.807, 2.05) is 0 Å². The fourth-order valence-electron chi connectivity index (χ4n) is 5.25. The Labute approximate surface area is 280 Å². The summed E-state index contributed by atoms with van der Waals surface area (Å²) in [4.78, 5) is 0. The molecule has 0 unspecified atom stereocenters. The number of nitrogens with zero attached hydrogens (tertiary/aromatic N) is 2. The largest absolute Gasteiger partial charge is 1.00 e. The predicted octanol–water partition coefficient (Wildman–Crippen LogP) is 3.06. The highest BCUT2D eigenvalue weighted by atomic mass is 79.9. The Morgan fingerprint density at radius 2 is 0.833 bits per heavy atom. The van der Waals surface area contributed by atoms with Crippen LogP contribution in [0.5, 0.6) is 0 Å². The minimum atomic E-state index is 0. The van der Waals surface area contributed by atoms with Crippen LogP contribution >= 0.6 is 0 Å². The highest BCUT2D eigenvalue weighted by Crippen LogP contribution is 2.10. The number of hydrogen-bond donors (Lipinski definition) is 0. The second kappa shape index (κ2) is 30.2. The quantitative estimate of drug-likeness (QED) is 0.105. The fourth-order valence-corrected chi connectivity index (χ4v) is 5.25. The summed E-state index contributed by atoms with van der Waals surface area (Å²) >= 11 is 0. The molecular formula is C36H62Br2N2O2. The van der Waals surface area contributed by atoms with Crippen LogP contribution in [-0.2, 0) is 35.8 Å². The molecule has 0 radical (unpaired) electrons. The molecule has 0 aliphatic rings. The number of rotatable bonds is 27. The summed E-state index contributed by atoms with van der Waals surface area (Å²) in [5.41, 5.74) is 2.53. The first-order chi connectivity index (χ1) is 19.8. The molecule has 0 atom stereocenters. The molecule has 0 aromatic carbocycles. The number of hydrogen-bond acceptors (Lipinski definition) is 2. The molecule has 2 aromatic rings. The van der Waals surface area contributed by atoms with E-state index >= 15 is 0 Å². The molecule has 0 fully saturated rings. The Morgan fingerprint density at radius 3 is 1.21 bits per heavy atom. The van der Waals surface area contributed by atoms with Crippen LogP contribution in [0, 0.1) is 0 Å². The first-order valence-corrected chi connectivity index (χ1v) is 16.9. The number of aryl methyl sites for hydroxylation is 2. The summed E-state index contributed by atoms with van der Waals surface area (Å²) in [6.07, 6.45) is 32.8. The summed E-state index contributed by atoms with van der Waals surface area (Å²) in [5.74, 6) is 0. The van der Waals surface area contributed by atoms with E-state index < -0.39 is 0 Å². The molecular weight excluding hydrogens is 652 g/mol. The number of unbranched alkanes of at least 4 members (excludes halogenated alkanes) is 15. The van der Waals surface area contributed by atoms with Crippen molar-refractivity contribution in [1.29, 1.82) is 0 Å². The zero-order chi connectivity index (χ0) is 28.4. The van der Waals surface area contributed by atoms with Crippen molar-refractivity contribution in [3.8, 4) is 0 Å². The zero-order valence-corrected chi connectivity index (χ0v) is 30.2. The van der Waals surface area contributed by atoms with E-state index in [1.165, 1.54) is 114 Å². The van der Waals surface area contributed by atoms with E-state index in [4.69, 9.17) is 9.47 Å². The molecule has 0 N–H and O–H groups in total. The Morgan fingerprint density at radius 1 is 0.476 bits per heavy atom. The Hall–Kier alpha value is -0.820. The molecule has 4 nitrogen and oxygen atoms in total. The van der Waals surface area contributed by atoms with Crippen LogP contribution in [-0.4, -0.2) is 13.2 Å². The van der Waals surface area contributed by atoms with Crippen molar-refractivity contribution in [2.24, 2.45) is 0 Å². The van der Waals surface area contributed by atoms with Crippen LogP contribution in [0.15, 0.2) is 49.1 Å². The average molecular weight is 715 g/mol. The van der Waals surface area contributed by atoms with E-state index in [-0.39, 0.29) is 34.0 Å². The van der Waals surface area contributed by atoms with Crippen LogP contribution in [0.2, 0.25) is 0 Å². The fraction of sp³-hybridized carbons (Fsp3) is 0.722. The summed E-state index contributed by atoms with van der Waals surface area (Å²) in [5, 5.41) is 0. The molecule has 0 bridgehead atoms. The van der Waals surface area contributed by atoms with Gasteiger partial charge in [-0.15, -0.1) is 0 Å². The molecule has 0 spiro atoms. The monoisotopic (exact) mass is 712 g/mol. The third-order valence-corrected chi connectivity index (χ3v) is 7.74. The van der Waals surface area contributed by atoms with Crippen LogP contribution < -0.4 is 43.1 Å². The van der Waals surface area contributed by atoms with Crippen molar-refractivity contribution in [1.82, 2.24) is 0 Å². The second-order valence-corrected chi connectivity index (χ2v) is 11.7. The molecule has 0 aliphatic heterocycles. The maximum Gasteiger partial charge on any atom is 0.174 e. The van der Waals surface area contributed by atoms with Gasteiger partial charge in [0.2, 0.25) is 0 Å². The molecule has 0 amide bonds. The van der Waals surface area contributed by atoms with E-state index in [0.29, 0.717) is 13.2 Å². The minimum absolute atomic E-state index is 0. The lowest BCUT2D eigenvalue weighted by atomic mass is 10.1. The summed E-state index contributed by atoms with van der Waals surface area (Å²) in [6, 6.07) is 8.66. The van der Waals surface area contributed by atoms with Gasteiger partial charge in [-0.3, -0.25) is 0 Å². The molecule has 2 aromatic heterocycles. The summed E-state index contributed by atoms with van der Waals surface area (Å²) < 4.78 is 16.6. The van der Waals surface area contributed by atoms with Gasteiger partial charge in [0.25, 0.3) is 0 Å². The van der Waals surface area contributed by atoms with Gasteiger partial charge in [0.15, 0.2) is 24.8 Å². The van der Waals surface area contributed by atoms with Crippen molar-refractivity contribution in [2.75, 3.05) is 13.2 Å². The molecule has 2 heterocycles. The lowest BCUT2D eigenvalue weighted by molar-refractivity contribution is -0.698. The van der Waals surface area contributed by atoms with Crippen LogP contribution in [0.1, 0.15) is 141 Å². The SMILES string of the molecule is CCCCCCCCCC[n+]1cccc(COCCCCOCc2ccc[n+](CCCCCCCCCC)c2)c1.[Br-].[Br-]. The summed E-state index contributed by atoms with van der Waals surface area (Å²) in [6.45, 7) is 9.77. The van der Waals surface area contributed by atoms with Gasteiger partial charge in [0, 0.05) is 49.3 Å². The molecule has 242 valence electrons. The third kappa shape index (κ3) is 22.7. The number of halogens is 2. The Balaban J connectivity index is 0.00000840. The Kier molecular flexibility index (Phi) is 29.6. The van der Waals surface area contributed by atoms with Gasteiger partial charge in [-0.1, -0.05) is 90.9 Å². The molecule has 0 saturated heterocycles. The van der Waals surface area contributed by atoms with E-state index in [0.717, 1.165) is 39.1 Å². The van der Waals surface area contributed by atoms with Crippen molar-refractivity contribution >= 4 is 0 Å². The van der Waals surface area contributed by atoms with Gasteiger partial charge in [-0.25, -0.2) is 9.13 Å². The minimum Gasteiger partial charge on any atom is -1.00 e. The molecule has 42 heavy (non-hydrogen) atoms. The highest BCUT2D eigenvalue weighted by Gasteiger charge is 2.05.